The molecule has 2 amide bonds. The van der Waals surface area contributed by atoms with Crippen molar-refractivity contribution >= 4 is 28.8 Å². The first kappa shape index (κ1) is 25.5. The predicted octanol–water partition coefficient (Wildman–Crippen LogP) is 4.52. The summed E-state index contributed by atoms with van der Waals surface area (Å²) in [5.41, 5.74) is 2.68. The molecule has 0 aliphatic carbocycles. The van der Waals surface area contributed by atoms with Crippen molar-refractivity contribution < 1.29 is 18.7 Å². The third kappa shape index (κ3) is 5.72. The number of carbonyl (C=O) groups excluding carboxylic acids is 2. The van der Waals surface area contributed by atoms with Crippen molar-refractivity contribution in [2.45, 2.75) is 32.6 Å². The number of likely N-dealkylation sites (tertiary alicyclic amines) is 1. The van der Waals surface area contributed by atoms with Crippen LogP contribution in [0.3, 0.4) is 0 Å². The zero-order valence-corrected chi connectivity index (χ0v) is 21.9. The lowest BCUT2D eigenvalue weighted by Crippen LogP contribution is -2.40. The lowest BCUT2D eigenvalue weighted by Gasteiger charge is -2.31. The number of anilines is 1. The molecule has 9 nitrogen and oxygen atoms in total. The van der Waals surface area contributed by atoms with Gasteiger partial charge in [0.15, 0.2) is 12.4 Å². The number of pyridine rings is 1. The molecule has 1 aromatic carbocycles. The molecule has 0 unspecified atom stereocenters. The minimum Gasteiger partial charge on any atom is -0.484 e. The van der Waals surface area contributed by atoms with Crippen molar-refractivity contribution in [3.63, 3.8) is 0 Å². The van der Waals surface area contributed by atoms with Gasteiger partial charge in [0.2, 0.25) is 0 Å². The van der Waals surface area contributed by atoms with Crippen LogP contribution in [0.25, 0.3) is 5.82 Å². The van der Waals surface area contributed by atoms with Crippen LogP contribution in [0.2, 0.25) is 0 Å². The van der Waals surface area contributed by atoms with Crippen molar-refractivity contribution in [3.8, 4) is 11.6 Å². The van der Waals surface area contributed by atoms with Crippen LogP contribution in [-0.2, 0) is 4.79 Å². The number of hydrogen-bond acceptors (Lipinski definition) is 7. The molecule has 0 atom stereocenters. The highest BCUT2D eigenvalue weighted by molar-refractivity contribution is 7.10. The van der Waals surface area contributed by atoms with E-state index in [0.29, 0.717) is 36.0 Å². The summed E-state index contributed by atoms with van der Waals surface area (Å²) in [5, 5.41) is 10.0. The third-order valence-electron chi connectivity index (χ3n) is 6.37. The van der Waals surface area contributed by atoms with E-state index in [1.54, 1.807) is 33.3 Å². The first-order valence-corrected chi connectivity index (χ1v) is 13.2. The molecule has 4 heterocycles. The van der Waals surface area contributed by atoms with E-state index in [-0.39, 0.29) is 30.2 Å². The Morgan fingerprint density at radius 2 is 1.92 bits per heavy atom. The van der Waals surface area contributed by atoms with Gasteiger partial charge in [0.05, 0.1) is 16.4 Å². The molecule has 0 saturated carbocycles. The summed E-state index contributed by atoms with van der Waals surface area (Å²) in [7, 11) is 0. The molecule has 1 N–H and O–H groups in total. The van der Waals surface area contributed by atoms with Gasteiger partial charge in [-0.25, -0.2) is 19.0 Å². The number of carbonyl (C=O) groups is 2. The number of nitrogens with one attached hydrogen (secondary N) is 1. The standard InChI is InChI=1S/C27H27FN6O3S/c1-17-14-18(2)34(32-17)25-22(4-3-11-29-25)30-26(36)23-16-38-27(31-23)19-9-12-33(13-10-19)24(35)15-37-21-7-5-20(28)6-8-21/h3-8,11,14,16,19H,9-10,12-13,15H2,1-2H3,(H,30,36). The number of aryl methyl sites for hydroxylation is 2. The molecule has 38 heavy (non-hydrogen) atoms. The summed E-state index contributed by atoms with van der Waals surface area (Å²) < 4.78 is 20.2. The summed E-state index contributed by atoms with van der Waals surface area (Å²) in [5.74, 6) is 0.400. The molecule has 1 aliphatic rings. The predicted molar refractivity (Wildman–Crippen MR) is 141 cm³/mol. The summed E-state index contributed by atoms with van der Waals surface area (Å²) in [4.78, 5) is 36.4. The highest BCUT2D eigenvalue weighted by atomic mass is 32.1. The second-order valence-corrected chi connectivity index (χ2v) is 10.0. The van der Waals surface area contributed by atoms with Gasteiger partial charge < -0.3 is 15.0 Å². The van der Waals surface area contributed by atoms with Gasteiger partial charge in [0, 0.05) is 36.3 Å². The van der Waals surface area contributed by atoms with Gasteiger partial charge in [0.25, 0.3) is 11.8 Å². The second kappa shape index (κ2) is 11.1. The maximum Gasteiger partial charge on any atom is 0.275 e. The average molecular weight is 535 g/mol. The number of nitrogens with zero attached hydrogens (tertiary/aromatic N) is 5. The molecule has 0 radical (unpaired) electrons. The van der Waals surface area contributed by atoms with Gasteiger partial charge in [-0.3, -0.25) is 9.59 Å². The molecule has 5 rings (SSSR count). The number of benzene rings is 1. The van der Waals surface area contributed by atoms with Crippen LogP contribution >= 0.6 is 11.3 Å². The van der Waals surface area contributed by atoms with Crippen LogP contribution in [0.5, 0.6) is 5.75 Å². The van der Waals surface area contributed by atoms with Crippen molar-refractivity contribution in [1.29, 1.82) is 0 Å². The monoisotopic (exact) mass is 534 g/mol. The Balaban J connectivity index is 1.17. The summed E-state index contributed by atoms with van der Waals surface area (Å²) >= 11 is 1.46. The first-order valence-electron chi connectivity index (χ1n) is 12.3. The number of rotatable bonds is 7. The van der Waals surface area contributed by atoms with Crippen LogP contribution in [0.1, 0.15) is 45.6 Å². The summed E-state index contributed by atoms with van der Waals surface area (Å²) in [6.45, 7) is 4.91. The molecule has 196 valence electrons. The number of thiazole rings is 1. The largest absolute Gasteiger partial charge is 0.484 e. The number of ether oxygens (including phenoxy) is 1. The van der Waals surface area contributed by atoms with E-state index >= 15 is 0 Å². The van der Waals surface area contributed by atoms with E-state index < -0.39 is 0 Å². The highest BCUT2D eigenvalue weighted by Crippen LogP contribution is 2.31. The Bertz CT molecular complexity index is 1440. The molecule has 1 fully saturated rings. The fourth-order valence-corrected chi connectivity index (χ4v) is 5.39. The number of amides is 2. The lowest BCUT2D eigenvalue weighted by molar-refractivity contribution is -0.134. The molecule has 0 spiro atoms. The summed E-state index contributed by atoms with van der Waals surface area (Å²) in [6.07, 6.45) is 3.16. The van der Waals surface area contributed by atoms with Gasteiger partial charge >= 0.3 is 0 Å². The van der Waals surface area contributed by atoms with Crippen molar-refractivity contribution in [1.82, 2.24) is 24.6 Å². The average Bonchev–Trinajstić information content (AvgIpc) is 3.55. The minimum absolute atomic E-state index is 0.0914. The Morgan fingerprint density at radius 1 is 1.16 bits per heavy atom. The molecule has 4 aromatic rings. The fraction of sp³-hybridized carbons (Fsp3) is 0.296. The highest BCUT2D eigenvalue weighted by Gasteiger charge is 2.27. The molecule has 1 saturated heterocycles. The van der Waals surface area contributed by atoms with Crippen molar-refractivity contribution in [2.75, 3.05) is 25.0 Å². The van der Waals surface area contributed by atoms with Gasteiger partial charge in [-0.05, 0) is 69.2 Å². The topological polar surface area (TPSA) is 102 Å². The Kier molecular flexibility index (Phi) is 7.45. The molecule has 11 heteroatoms. The van der Waals surface area contributed by atoms with Crippen LogP contribution in [0.15, 0.2) is 54.0 Å². The van der Waals surface area contributed by atoms with Gasteiger partial charge in [0.1, 0.15) is 17.3 Å². The van der Waals surface area contributed by atoms with Gasteiger partial charge in [-0.2, -0.15) is 5.10 Å². The lowest BCUT2D eigenvalue weighted by atomic mass is 9.97. The Labute approximate surface area is 223 Å². The van der Waals surface area contributed by atoms with E-state index in [4.69, 9.17) is 4.74 Å². The van der Waals surface area contributed by atoms with Crippen molar-refractivity contribution in [3.05, 3.63) is 81.9 Å². The van der Waals surface area contributed by atoms with Crippen LogP contribution in [0, 0.1) is 19.7 Å². The molecule has 1 aliphatic heterocycles. The molecular formula is C27H27FN6O3S. The van der Waals surface area contributed by atoms with E-state index in [1.165, 1.54) is 35.6 Å². The third-order valence-corrected chi connectivity index (χ3v) is 7.38. The Morgan fingerprint density at radius 3 is 2.63 bits per heavy atom. The summed E-state index contributed by atoms with van der Waals surface area (Å²) in [6, 6.07) is 11.1. The second-order valence-electron chi connectivity index (χ2n) is 9.14. The van der Waals surface area contributed by atoms with Gasteiger partial charge in [-0.15, -0.1) is 11.3 Å². The quantitative estimate of drug-likeness (QED) is 0.374. The fourth-order valence-electron chi connectivity index (χ4n) is 4.42. The molecule has 3 aromatic heterocycles. The molecule has 0 bridgehead atoms. The van der Waals surface area contributed by atoms with Crippen molar-refractivity contribution in [2.24, 2.45) is 0 Å². The van der Waals surface area contributed by atoms with E-state index in [0.717, 1.165) is 29.2 Å². The molecular weight excluding hydrogens is 507 g/mol. The first-order chi connectivity index (χ1) is 18.4. The maximum atomic E-state index is 13.0. The normalized spacial score (nSPS) is 13.9. The number of piperidine rings is 1. The van der Waals surface area contributed by atoms with Crippen LogP contribution in [-0.4, -0.2) is 56.2 Å². The van der Waals surface area contributed by atoms with Crippen LogP contribution in [0.4, 0.5) is 10.1 Å². The zero-order valence-electron chi connectivity index (χ0n) is 21.1. The Hall–Kier alpha value is -4.12. The number of hydrogen-bond donors (Lipinski definition) is 1. The minimum atomic E-state index is -0.352. The van der Waals surface area contributed by atoms with E-state index in [2.05, 4.69) is 20.4 Å². The van der Waals surface area contributed by atoms with E-state index in [1.807, 2.05) is 19.9 Å². The van der Waals surface area contributed by atoms with E-state index in [9.17, 15) is 14.0 Å². The SMILES string of the molecule is Cc1cc(C)n(-c2ncccc2NC(=O)c2csc(C3CCN(C(=O)COc4ccc(F)cc4)CC3)n2)n1. The number of aromatic nitrogens is 4. The van der Waals surface area contributed by atoms with Gasteiger partial charge in [-0.1, -0.05) is 0 Å². The number of halogens is 1. The zero-order chi connectivity index (χ0) is 26.6. The van der Waals surface area contributed by atoms with Crippen LogP contribution < -0.4 is 10.1 Å². The smallest absolute Gasteiger partial charge is 0.275 e. The maximum absolute atomic E-state index is 13.0.